The lowest BCUT2D eigenvalue weighted by atomic mass is 10.3. The van der Waals surface area contributed by atoms with Gasteiger partial charge in [-0.3, -0.25) is 9.78 Å². The molecule has 0 spiro atoms. The minimum Gasteiger partial charge on any atom is -0.351 e. The third kappa shape index (κ3) is 3.81. The highest BCUT2D eigenvalue weighted by Crippen LogP contribution is 2.26. The molecule has 0 bridgehead atoms. The highest BCUT2D eigenvalue weighted by molar-refractivity contribution is 7.17. The van der Waals surface area contributed by atoms with E-state index < -0.39 is 0 Å². The van der Waals surface area contributed by atoms with E-state index in [1.54, 1.807) is 18.7 Å². The largest absolute Gasteiger partial charge is 0.351 e. The molecule has 0 radical (unpaired) electrons. The van der Waals surface area contributed by atoms with E-state index in [9.17, 15) is 4.79 Å². The Morgan fingerprint density at radius 3 is 3.00 bits per heavy atom. The standard InChI is InChI=1S/C16H17N5OS/c1-12-14(23-16(20-12)13-5-2-3-6-18-13)15(22)19-7-4-9-21-10-8-17-11-21/h2-3,5-6,8,10-11H,4,7,9H2,1H3,(H,19,22). The van der Waals surface area contributed by atoms with E-state index in [-0.39, 0.29) is 5.91 Å². The summed E-state index contributed by atoms with van der Waals surface area (Å²) in [5.74, 6) is -0.0761. The smallest absolute Gasteiger partial charge is 0.263 e. The Balaban J connectivity index is 1.58. The van der Waals surface area contributed by atoms with E-state index >= 15 is 0 Å². The molecule has 23 heavy (non-hydrogen) atoms. The molecule has 0 fully saturated rings. The number of hydrogen-bond donors (Lipinski definition) is 1. The second-order valence-corrected chi connectivity index (χ2v) is 6.06. The molecule has 118 valence electrons. The Bertz CT molecular complexity index is 767. The van der Waals surface area contributed by atoms with E-state index in [0.717, 1.165) is 29.4 Å². The number of nitrogens with zero attached hydrogens (tertiary/aromatic N) is 4. The van der Waals surface area contributed by atoms with Crippen molar-refractivity contribution in [2.24, 2.45) is 0 Å². The summed E-state index contributed by atoms with van der Waals surface area (Å²) in [6.07, 6.45) is 8.01. The van der Waals surface area contributed by atoms with Gasteiger partial charge >= 0.3 is 0 Å². The van der Waals surface area contributed by atoms with Gasteiger partial charge in [0, 0.05) is 31.7 Å². The predicted octanol–water partition coefficient (Wildman–Crippen LogP) is 2.53. The van der Waals surface area contributed by atoms with Crippen molar-refractivity contribution in [1.82, 2.24) is 24.8 Å². The lowest BCUT2D eigenvalue weighted by Gasteiger charge is -2.04. The lowest BCUT2D eigenvalue weighted by molar-refractivity contribution is 0.0956. The van der Waals surface area contributed by atoms with Gasteiger partial charge in [0.1, 0.15) is 9.88 Å². The van der Waals surface area contributed by atoms with E-state index in [0.29, 0.717) is 11.4 Å². The number of rotatable bonds is 6. The molecular weight excluding hydrogens is 310 g/mol. The van der Waals surface area contributed by atoms with Gasteiger partial charge in [-0.2, -0.15) is 0 Å². The van der Waals surface area contributed by atoms with E-state index in [4.69, 9.17) is 0 Å². The molecule has 1 amide bonds. The number of carbonyl (C=O) groups is 1. The van der Waals surface area contributed by atoms with Crippen molar-refractivity contribution in [2.75, 3.05) is 6.54 Å². The molecule has 0 aliphatic carbocycles. The Hall–Kier alpha value is -2.54. The number of aryl methyl sites for hydroxylation is 2. The zero-order valence-corrected chi connectivity index (χ0v) is 13.6. The van der Waals surface area contributed by atoms with Gasteiger partial charge in [0.2, 0.25) is 0 Å². The molecule has 6 nitrogen and oxygen atoms in total. The van der Waals surface area contributed by atoms with E-state index in [2.05, 4.69) is 20.3 Å². The van der Waals surface area contributed by atoms with Crippen molar-refractivity contribution in [2.45, 2.75) is 19.9 Å². The van der Waals surface area contributed by atoms with Crippen LogP contribution in [0.15, 0.2) is 43.1 Å². The van der Waals surface area contributed by atoms with Crippen LogP contribution in [0.25, 0.3) is 10.7 Å². The molecule has 0 aliphatic heterocycles. The van der Waals surface area contributed by atoms with Crippen molar-refractivity contribution >= 4 is 17.2 Å². The fourth-order valence-corrected chi connectivity index (χ4v) is 3.13. The second-order valence-electron chi connectivity index (χ2n) is 5.06. The normalized spacial score (nSPS) is 10.7. The van der Waals surface area contributed by atoms with Gasteiger partial charge in [-0.1, -0.05) is 6.07 Å². The molecule has 0 aromatic carbocycles. The molecule has 0 saturated carbocycles. The maximum absolute atomic E-state index is 12.3. The summed E-state index contributed by atoms with van der Waals surface area (Å²) in [6.45, 7) is 3.30. The fourth-order valence-electron chi connectivity index (χ4n) is 2.17. The number of nitrogens with one attached hydrogen (secondary N) is 1. The van der Waals surface area contributed by atoms with Crippen LogP contribution in [0.4, 0.5) is 0 Å². The van der Waals surface area contributed by atoms with Crippen LogP contribution in [-0.4, -0.2) is 32.0 Å². The average Bonchev–Trinajstić information content (AvgIpc) is 3.22. The fraction of sp³-hybridized carbons (Fsp3) is 0.250. The van der Waals surface area contributed by atoms with Gasteiger partial charge in [0.15, 0.2) is 0 Å². The SMILES string of the molecule is Cc1nc(-c2ccccn2)sc1C(=O)NCCCn1ccnc1. The second kappa shape index (κ2) is 7.15. The van der Waals surface area contributed by atoms with Crippen LogP contribution in [0.1, 0.15) is 21.8 Å². The first kappa shape index (κ1) is 15.4. The number of amides is 1. The first-order chi connectivity index (χ1) is 11.2. The Morgan fingerprint density at radius 2 is 2.26 bits per heavy atom. The Morgan fingerprint density at radius 1 is 1.35 bits per heavy atom. The molecule has 0 aliphatic rings. The molecule has 7 heteroatoms. The van der Waals surface area contributed by atoms with Gasteiger partial charge in [-0.15, -0.1) is 11.3 Å². The molecule has 0 saturated heterocycles. The van der Waals surface area contributed by atoms with Crippen LogP contribution < -0.4 is 5.32 Å². The molecule has 3 aromatic rings. The van der Waals surface area contributed by atoms with Crippen LogP contribution in [-0.2, 0) is 6.54 Å². The van der Waals surface area contributed by atoms with Crippen molar-refractivity contribution < 1.29 is 4.79 Å². The number of imidazole rings is 1. The molecule has 0 atom stereocenters. The summed E-state index contributed by atoms with van der Waals surface area (Å²) in [7, 11) is 0. The summed E-state index contributed by atoms with van der Waals surface area (Å²) < 4.78 is 1.99. The quantitative estimate of drug-likeness (QED) is 0.706. The number of hydrogen-bond acceptors (Lipinski definition) is 5. The number of aromatic nitrogens is 4. The summed E-state index contributed by atoms with van der Waals surface area (Å²) in [4.78, 5) is 25.7. The van der Waals surface area contributed by atoms with Crippen LogP contribution >= 0.6 is 11.3 Å². The first-order valence-electron chi connectivity index (χ1n) is 7.37. The molecule has 1 N–H and O–H groups in total. The first-order valence-corrected chi connectivity index (χ1v) is 8.18. The molecule has 3 heterocycles. The zero-order valence-electron chi connectivity index (χ0n) is 12.8. The molecule has 3 aromatic heterocycles. The van der Waals surface area contributed by atoms with Crippen molar-refractivity contribution in [1.29, 1.82) is 0 Å². The molecule has 3 rings (SSSR count). The summed E-state index contributed by atoms with van der Waals surface area (Å²) in [5, 5.41) is 3.71. The summed E-state index contributed by atoms with van der Waals surface area (Å²) >= 11 is 1.38. The highest BCUT2D eigenvalue weighted by atomic mass is 32.1. The highest BCUT2D eigenvalue weighted by Gasteiger charge is 2.16. The van der Waals surface area contributed by atoms with Gasteiger partial charge in [0.25, 0.3) is 5.91 Å². The molecule has 0 unspecified atom stereocenters. The van der Waals surface area contributed by atoms with Gasteiger partial charge in [-0.25, -0.2) is 9.97 Å². The predicted molar refractivity (Wildman–Crippen MR) is 89.3 cm³/mol. The average molecular weight is 327 g/mol. The van der Waals surface area contributed by atoms with Crippen molar-refractivity contribution in [3.8, 4) is 10.7 Å². The van der Waals surface area contributed by atoms with Crippen molar-refractivity contribution in [3.05, 3.63) is 53.7 Å². The third-order valence-corrected chi connectivity index (χ3v) is 4.50. The zero-order chi connectivity index (χ0) is 16.1. The van der Waals surface area contributed by atoms with E-state index in [1.807, 2.05) is 35.9 Å². The minimum absolute atomic E-state index is 0.0761. The van der Waals surface area contributed by atoms with Crippen LogP contribution in [0.5, 0.6) is 0 Å². The minimum atomic E-state index is -0.0761. The summed E-state index contributed by atoms with van der Waals surface area (Å²) in [5.41, 5.74) is 1.53. The topological polar surface area (TPSA) is 72.7 Å². The lowest BCUT2D eigenvalue weighted by Crippen LogP contribution is -2.25. The Kier molecular flexibility index (Phi) is 4.77. The van der Waals surface area contributed by atoms with Crippen LogP contribution in [0.3, 0.4) is 0 Å². The van der Waals surface area contributed by atoms with Crippen molar-refractivity contribution in [3.63, 3.8) is 0 Å². The number of carbonyl (C=O) groups excluding carboxylic acids is 1. The van der Waals surface area contributed by atoms with Crippen LogP contribution in [0, 0.1) is 6.92 Å². The third-order valence-electron chi connectivity index (χ3n) is 3.32. The van der Waals surface area contributed by atoms with E-state index in [1.165, 1.54) is 11.3 Å². The maximum atomic E-state index is 12.3. The van der Waals surface area contributed by atoms with Gasteiger partial charge in [0.05, 0.1) is 17.7 Å². The maximum Gasteiger partial charge on any atom is 0.263 e. The summed E-state index contributed by atoms with van der Waals surface area (Å²) in [6, 6.07) is 5.66. The monoisotopic (exact) mass is 327 g/mol. The Labute approximate surface area is 138 Å². The number of thiazole rings is 1. The number of pyridine rings is 1. The van der Waals surface area contributed by atoms with Crippen LogP contribution in [0.2, 0.25) is 0 Å². The van der Waals surface area contributed by atoms with Gasteiger partial charge in [-0.05, 0) is 25.5 Å². The van der Waals surface area contributed by atoms with Gasteiger partial charge < -0.3 is 9.88 Å². The molecular formula is C16H17N5OS.